The molecule has 0 aliphatic rings. The van der Waals surface area contributed by atoms with Gasteiger partial charge in [0.2, 0.25) is 10.0 Å². The molecule has 23 heavy (non-hydrogen) atoms. The van der Waals surface area contributed by atoms with Crippen molar-refractivity contribution in [3.63, 3.8) is 0 Å². The fourth-order valence-electron chi connectivity index (χ4n) is 2.03. The van der Waals surface area contributed by atoms with E-state index in [1.165, 1.54) is 32.3 Å². The minimum atomic E-state index is -3.53. The molecule has 0 aromatic heterocycles. The summed E-state index contributed by atoms with van der Waals surface area (Å²) >= 11 is 0. The smallest absolute Gasteiger partial charge is 0.242 e. The lowest BCUT2D eigenvalue weighted by molar-refractivity contribution is 0.520. The van der Waals surface area contributed by atoms with Gasteiger partial charge in [0.25, 0.3) is 0 Å². The van der Waals surface area contributed by atoms with Crippen LogP contribution in [0.25, 0.3) is 0 Å². The maximum Gasteiger partial charge on any atom is 0.242 e. The van der Waals surface area contributed by atoms with E-state index in [1.54, 1.807) is 30.3 Å². The third-order valence-electron chi connectivity index (χ3n) is 3.28. The van der Waals surface area contributed by atoms with Crippen LogP contribution in [-0.2, 0) is 32.3 Å². The van der Waals surface area contributed by atoms with E-state index in [9.17, 15) is 17.0 Å². The zero-order valence-electron chi connectivity index (χ0n) is 12.9. The van der Waals surface area contributed by atoms with E-state index in [1.807, 2.05) is 0 Å². The van der Waals surface area contributed by atoms with E-state index in [2.05, 4.69) is 0 Å². The molecule has 0 aliphatic heterocycles. The van der Waals surface area contributed by atoms with Gasteiger partial charge in [-0.25, -0.2) is 17.1 Å². The number of benzene rings is 2. The Morgan fingerprint density at radius 3 is 2.39 bits per heavy atom. The first-order valence-corrected chi connectivity index (χ1v) is 9.83. The third-order valence-corrected chi connectivity index (χ3v) is 6.38. The second-order valence-electron chi connectivity index (χ2n) is 5.25. The molecule has 7 heteroatoms. The van der Waals surface area contributed by atoms with Crippen LogP contribution >= 0.6 is 0 Å². The maximum absolute atomic E-state index is 13.6. The molecule has 0 spiro atoms. The van der Waals surface area contributed by atoms with Crippen LogP contribution in [0.4, 0.5) is 4.39 Å². The van der Waals surface area contributed by atoms with Crippen LogP contribution < -0.4 is 0 Å². The number of nitrogens with zero attached hydrogens (tertiary/aromatic N) is 1. The summed E-state index contributed by atoms with van der Waals surface area (Å²) < 4.78 is 51.1. The molecule has 2 aromatic carbocycles. The molecule has 124 valence electrons. The summed E-state index contributed by atoms with van der Waals surface area (Å²) in [5, 5.41) is 0. The lowest BCUT2D eigenvalue weighted by atomic mass is 10.2. The fraction of sp³-hybridized carbons (Fsp3) is 0.250. The molecular weight excluding hydrogens is 337 g/mol. The van der Waals surface area contributed by atoms with E-state index in [0.717, 1.165) is 4.31 Å². The molecule has 4 nitrogen and oxygen atoms in total. The van der Waals surface area contributed by atoms with Crippen molar-refractivity contribution in [1.82, 2.24) is 4.31 Å². The first kappa shape index (κ1) is 17.8. The molecule has 1 atom stereocenters. The van der Waals surface area contributed by atoms with Gasteiger partial charge in [0.05, 0.1) is 10.6 Å². The first-order chi connectivity index (χ1) is 10.8. The predicted molar refractivity (Wildman–Crippen MR) is 89.3 cm³/mol. The van der Waals surface area contributed by atoms with Crippen LogP contribution in [0.1, 0.15) is 11.1 Å². The summed E-state index contributed by atoms with van der Waals surface area (Å²) in [6.45, 7) is 0. The van der Waals surface area contributed by atoms with Gasteiger partial charge in [0.1, 0.15) is 5.82 Å². The van der Waals surface area contributed by atoms with Crippen LogP contribution in [0.3, 0.4) is 0 Å². The Balaban J connectivity index is 2.15. The van der Waals surface area contributed by atoms with E-state index in [0.29, 0.717) is 11.1 Å². The summed E-state index contributed by atoms with van der Waals surface area (Å²) in [5.74, 6) is -0.118. The summed E-state index contributed by atoms with van der Waals surface area (Å²) in [6.07, 6.45) is 0. The second-order valence-corrected chi connectivity index (χ2v) is 8.86. The van der Waals surface area contributed by atoms with Gasteiger partial charge in [-0.3, -0.25) is 4.21 Å². The normalized spacial score (nSPS) is 13.2. The lowest BCUT2D eigenvalue weighted by Crippen LogP contribution is -2.22. The van der Waals surface area contributed by atoms with E-state index < -0.39 is 20.8 Å². The molecule has 0 bridgehead atoms. The Kier molecular flexibility index (Phi) is 5.67. The third kappa shape index (κ3) is 4.46. The number of hydrogen-bond acceptors (Lipinski definition) is 3. The molecule has 0 fully saturated rings. The number of sulfonamides is 1. The highest BCUT2D eigenvalue weighted by molar-refractivity contribution is 7.89. The fourth-order valence-corrected chi connectivity index (χ4v) is 4.24. The van der Waals surface area contributed by atoms with Crippen LogP contribution in [0.15, 0.2) is 53.4 Å². The molecular formula is C16H18FNO3S2. The van der Waals surface area contributed by atoms with Crippen molar-refractivity contribution < 1.29 is 17.0 Å². The van der Waals surface area contributed by atoms with E-state index >= 15 is 0 Å². The molecule has 0 heterocycles. The van der Waals surface area contributed by atoms with Gasteiger partial charge in [-0.05, 0) is 23.8 Å². The SMILES string of the molecule is CN(C)S(=O)(=O)c1cccc(CS(=O)Cc2ccccc2F)c1. The van der Waals surface area contributed by atoms with Crippen molar-refractivity contribution in [3.8, 4) is 0 Å². The highest BCUT2D eigenvalue weighted by Crippen LogP contribution is 2.17. The minimum absolute atomic E-state index is 0.0946. The van der Waals surface area contributed by atoms with Crippen molar-refractivity contribution >= 4 is 20.8 Å². The Bertz CT molecular complexity index is 820. The zero-order chi connectivity index (χ0) is 17.0. The van der Waals surface area contributed by atoms with Gasteiger partial charge in [0.15, 0.2) is 0 Å². The highest BCUT2D eigenvalue weighted by atomic mass is 32.2. The molecule has 0 saturated heterocycles. The number of rotatable bonds is 6. The monoisotopic (exact) mass is 355 g/mol. The summed E-state index contributed by atoms with van der Waals surface area (Å²) in [4.78, 5) is 0.155. The quantitative estimate of drug-likeness (QED) is 0.800. The van der Waals surface area contributed by atoms with Crippen LogP contribution in [0.5, 0.6) is 0 Å². The van der Waals surface area contributed by atoms with Crippen molar-refractivity contribution in [3.05, 3.63) is 65.5 Å². The summed E-state index contributed by atoms with van der Waals surface area (Å²) in [6, 6.07) is 12.5. The number of halogens is 1. The average molecular weight is 355 g/mol. The van der Waals surface area contributed by atoms with Gasteiger partial charge in [-0.1, -0.05) is 30.3 Å². The molecule has 0 amide bonds. The average Bonchev–Trinajstić information content (AvgIpc) is 2.49. The Labute approximate surface area is 138 Å². The standard InChI is InChI=1S/C16H18FNO3S2/c1-18(2)23(20,21)15-8-5-6-13(10-15)11-22(19)12-14-7-3-4-9-16(14)17/h3-10H,11-12H2,1-2H3. The molecule has 1 unspecified atom stereocenters. The molecule has 0 aliphatic carbocycles. The molecule has 0 saturated carbocycles. The van der Waals surface area contributed by atoms with E-state index in [-0.39, 0.29) is 22.2 Å². The van der Waals surface area contributed by atoms with Gasteiger partial charge >= 0.3 is 0 Å². The molecule has 2 rings (SSSR count). The van der Waals surface area contributed by atoms with Crippen molar-refractivity contribution in [1.29, 1.82) is 0 Å². The van der Waals surface area contributed by atoms with Gasteiger partial charge in [-0.15, -0.1) is 0 Å². The first-order valence-electron chi connectivity index (χ1n) is 6.90. The largest absolute Gasteiger partial charge is 0.259 e. The van der Waals surface area contributed by atoms with Gasteiger partial charge in [-0.2, -0.15) is 0 Å². The van der Waals surface area contributed by atoms with Crippen molar-refractivity contribution in [2.75, 3.05) is 14.1 Å². The van der Waals surface area contributed by atoms with E-state index in [4.69, 9.17) is 0 Å². The van der Waals surface area contributed by atoms with Crippen molar-refractivity contribution in [2.45, 2.75) is 16.4 Å². The van der Waals surface area contributed by atoms with Crippen molar-refractivity contribution in [2.24, 2.45) is 0 Å². The molecule has 0 radical (unpaired) electrons. The van der Waals surface area contributed by atoms with Crippen LogP contribution in [0, 0.1) is 5.82 Å². The molecule has 2 aromatic rings. The Hall–Kier alpha value is -1.57. The second kappa shape index (κ2) is 7.33. The zero-order valence-corrected chi connectivity index (χ0v) is 14.5. The van der Waals surface area contributed by atoms with Gasteiger partial charge in [0, 0.05) is 36.2 Å². The summed E-state index contributed by atoms with van der Waals surface area (Å²) in [7, 11) is -1.94. The Morgan fingerprint density at radius 1 is 1.04 bits per heavy atom. The summed E-state index contributed by atoms with van der Waals surface area (Å²) in [5.41, 5.74) is 1.03. The lowest BCUT2D eigenvalue weighted by Gasteiger charge is -2.12. The van der Waals surface area contributed by atoms with Crippen LogP contribution in [-0.4, -0.2) is 31.0 Å². The Morgan fingerprint density at radius 2 is 1.74 bits per heavy atom. The predicted octanol–water partition coefficient (Wildman–Crippen LogP) is 2.52. The number of hydrogen-bond donors (Lipinski definition) is 0. The highest BCUT2D eigenvalue weighted by Gasteiger charge is 2.17. The van der Waals surface area contributed by atoms with Crippen LogP contribution in [0.2, 0.25) is 0 Å². The minimum Gasteiger partial charge on any atom is -0.259 e. The maximum atomic E-state index is 13.6. The topological polar surface area (TPSA) is 54.5 Å². The van der Waals surface area contributed by atoms with Gasteiger partial charge < -0.3 is 0 Å². The molecule has 0 N–H and O–H groups in total.